The van der Waals surface area contributed by atoms with E-state index in [1.165, 1.54) is 11.3 Å². The van der Waals surface area contributed by atoms with Crippen molar-refractivity contribution >= 4 is 65.3 Å². The van der Waals surface area contributed by atoms with Crippen molar-refractivity contribution in [3.63, 3.8) is 0 Å². The molecule has 8 heteroatoms. The molecule has 0 spiro atoms. The Morgan fingerprint density at radius 1 is 1.06 bits per heavy atom. The van der Waals surface area contributed by atoms with Gasteiger partial charge in [-0.25, -0.2) is 9.38 Å². The molecule has 2 heterocycles. The third-order valence-corrected chi connectivity index (χ3v) is 7.79. The molecule has 0 bridgehead atoms. The summed E-state index contributed by atoms with van der Waals surface area (Å²) in [5, 5.41) is 0. The van der Waals surface area contributed by atoms with E-state index in [9.17, 15) is 4.79 Å². The number of rotatable bonds is 5. The molecule has 34 heavy (non-hydrogen) atoms. The Morgan fingerprint density at radius 2 is 1.79 bits per heavy atom. The number of ether oxygens (including phenoxy) is 2. The molecule has 5 nitrogen and oxygen atoms in total. The summed E-state index contributed by atoms with van der Waals surface area (Å²) in [5.41, 5.74) is 5.79. The van der Waals surface area contributed by atoms with Gasteiger partial charge in [0.05, 0.1) is 27.1 Å². The second-order valence-electron chi connectivity index (χ2n) is 8.02. The minimum Gasteiger partial charge on any atom is -0.493 e. The van der Waals surface area contributed by atoms with Gasteiger partial charge in [0.1, 0.15) is 6.61 Å². The van der Waals surface area contributed by atoms with E-state index in [-0.39, 0.29) is 5.56 Å². The maximum atomic E-state index is 13.2. The van der Waals surface area contributed by atoms with Gasteiger partial charge in [-0.1, -0.05) is 39.4 Å². The number of benzene rings is 3. The first-order valence-corrected chi connectivity index (χ1v) is 12.9. The molecule has 3 aromatic carbocycles. The van der Waals surface area contributed by atoms with Crippen LogP contribution in [0.3, 0.4) is 0 Å². The van der Waals surface area contributed by atoms with Crippen LogP contribution in [0.5, 0.6) is 11.5 Å². The number of aryl methyl sites for hydroxylation is 2. The van der Waals surface area contributed by atoms with Gasteiger partial charge >= 0.3 is 0 Å². The Balaban J connectivity index is 1.52. The summed E-state index contributed by atoms with van der Waals surface area (Å²) in [5.74, 6) is 1.20. The molecule has 5 aromatic rings. The van der Waals surface area contributed by atoms with E-state index in [0.29, 0.717) is 27.6 Å². The lowest BCUT2D eigenvalue weighted by atomic mass is 10.1. The zero-order chi connectivity index (χ0) is 24.0. The summed E-state index contributed by atoms with van der Waals surface area (Å²) >= 11 is 8.43. The third kappa shape index (κ3) is 4.26. The summed E-state index contributed by atoms with van der Waals surface area (Å²) in [4.78, 5) is 18.6. The van der Waals surface area contributed by atoms with E-state index in [4.69, 9.17) is 9.47 Å². The fraction of sp³-hybridized carbons (Fsp3) is 0.154. The number of fused-ring (bicyclic) bond motifs is 3. The Labute approximate surface area is 216 Å². The second-order valence-corrected chi connectivity index (χ2v) is 10.8. The predicted molar refractivity (Wildman–Crippen MR) is 144 cm³/mol. The first-order chi connectivity index (χ1) is 16.3. The molecule has 0 unspecified atom stereocenters. The predicted octanol–water partition coefficient (Wildman–Crippen LogP) is 6.19. The SMILES string of the molecule is COc1cc(/C=c2\sc3nc4cc(C)c(C)cc4n3c2=O)cc(Br)c1OCc1ccc(Br)cc1. The van der Waals surface area contributed by atoms with Crippen LogP contribution in [0, 0.1) is 13.8 Å². The van der Waals surface area contributed by atoms with E-state index in [2.05, 4.69) is 43.8 Å². The van der Waals surface area contributed by atoms with E-state index in [1.807, 2.05) is 61.5 Å². The molecule has 0 amide bonds. The molecule has 2 aromatic heterocycles. The number of hydrogen-bond acceptors (Lipinski definition) is 5. The van der Waals surface area contributed by atoms with Crippen molar-refractivity contribution in [1.29, 1.82) is 0 Å². The summed E-state index contributed by atoms with van der Waals surface area (Å²) in [7, 11) is 1.60. The number of imidazole rings is 1. The van der Waals surface area contributed by atoms with Crippen molar-refractivity contribution in [3.8, 4) is 11.5 Å². The maximum absolute atomic E-state index is 13.2. The lowest BCUT2D eigenvalue weighted by molar-refractivity contribution is 0.282. The van der Waals surface area contributed by atoms with Gasteiger partial charge in [0.25, 0.3) is 5.56 Å². The average molecular weight is 600 g/mol. The number of halogens is 2. The lowest BCUT2D eigenvalue weighted by Crippen LogP contribution is -2.22. The van der Waals surface area contributed by atoms with E-state index in [0.717, 1.165) is 42.2 Å². The molecule has 0 radical (unpaired) electrons. The van der Waals surface area contributed by atoms with Crippen molar-refractivity contribution in [1.82, 2.24) is 9.38 Å². The zero-order valence-electron chi connectivity index (χ0n) is 18.7. The first-order valence-electron chi connectivity index (χ1n) is 10.5. The summed E-state index contributed by atoms with van der Waals surface area (Å²) < 4.78 is 15.7. The summed E-state index contributed by atoms with van der Waals surface area (Å²) in [6.45, 7) is 4.50. The lowest BCUT2D eigenvalue weighted by Gasteiger charge is -2.13. The Bertz CT molecular complexity index is 1660. The number of methoxy groups -OCH3 is 1. The highest BCUT2D eigenvalue weighted by Gasteiger charge is 2.14. The zero-order valence-corrected chi connectivity index (χ0v) is 22.7. The molecule has 0 fully saturated rings. The van der Waals surface area contributed by atoms with Crippen LogP contribution in [0.25, 0.3) is 22.1 Å². The van der Waals surface area contributed by atoms with Crippen molar-refractivity contribution in [2.24, 2.45) is 0 Å². The molecule has 0 aliphatic carbocycles. The van der Waals surface area contributed by atoms with Crippen LogP contribution in [0.15, 0.2) is 62.3 Å². The summed E-state index contributed by atoms with van der Waals surface area (Å²) in [6.07, 6.45) is 1.86. The molecular formula is C26H20Br2N2O3S. The largest absolute Gasteiger partial charge is 0.493 e. The van der Waals surface area contributed by atoms with Crippen LogP contribution in [0.2, 0.25) is 0 Å². The number of hydrogen-bond donors (Lipinski definition) is 0. The smallest absolute Gasteiger partial charge is 0.274 e. The molecule has 0 aliphatic rings. The molecule has 172 valence electrons. The van der Waals surface area contributed by atoms with Crippen LogP contribution in [0.4, 0.5) is 0 Å². The van der Waals surface area contributed by atoms with Gasteiger partial charge in [-0.15, -0.1) is 0 Å². The highest BCUT2D eigenvalue weighted by molar-refractivity contribution is 9.10. The second kappa shape index (κ2) is 9.17. The van der Waals surface area contributed by atoms with Crippen molar-refractivity contribution in [2.75, 3.05) is 7.11 Å². The van der Waals surface area contributed by atoms with Crippen LogP contribution in [0.1, 0.15) is 22.3 Å². The third-order valence-electron chi connectivity index (χ3n) is 5.70. The van der Waals surface area contributed by atoms with Crippen LogP contribution >= 0.6 is 43.2 Å². The van der Waals surface area contributed by atoms with Gasteiger partial charge in [0.15, 0.2) is 16.5 Å². The van der Waals surface area contributed by atoms with Gasteiger partial charge < -0.3 is 9.47 Å². The molecular weight excluding hydrogens is 580 g/mol. The van der Waals surface area contributed by atoms with Gasteiger partial charge in [-0.3, -0.25) is 4.79 Å². The fourth-order valence-corrected chi connectivity index (χ4v) is 5.59. The van der Waals surface area contributed by atoms with Crippen molar-refractivity contribution in [3.05, 3.63) is 94.6 Å². The molecule has 0 saturated heterocycles. The van der Waals surface area contributed by atoms with E-state index in [1.54, 1.807) is 11.5 Å². The number of aromatic nitrogens is 2. The minimum atomic E-state index is -0.0728. The maximum Gasteiger partial charge on any atom is 0.274 e. The Kier molecular flexibility index (Phi) is 6.22. The van der Waals surface area contributed by atoms with Crippen LogP contribution in [-0.4, -0.2) is 16.5 Å². The van der Waals surface area contributed by atoms with Crippen molar-refractivity contribution in [2.45, 2.75) is 20.5 Å². The molecule has 0 saturated carbocycles. The highest BCUT2D eigenvalue weighted by atomic mass is 79.9. The van der Waals surface area contributed by atoms with Gasteiger partial charge in [0.2, 0.25) is 0 Å². The average Bonchev–Trinajstić information content (AvgIpc) is 3.29. The first kappa shape index (κ1) is 23.1. The quantitative estimate of drug-likeness (QED) is 0.242. The standard InChI is InChI=1S/C26H20Br2N2O3S/c1-14-8-20-21(9-15(14)2)30-25(31)23(34-26(30)29-20)12-17-10-19(28)24(22(11-17)32-3)33-13-16-4-6-18(27)7-5-16/h4-12H,13H2,1-3H3/b23-12-. The highest BCUT2D eigenvalue weighted by Crippen LogP contribution is 2.37. The molecule has 0 aliphatic heterocycles. The molecule has 0 atom stereocenters. The topological polar surface area (TPSA) is 52.8 Å². The van der Waals surface area contributed by atoms with Gasteiger partial charge in [-0.05, 0) is 94.5 Å². The van der Waals surface area contributed by atoms with Crippen LogP contribution in [-0.2, 0) is 6.61 Å². The van der Waals surface area contributed by atoms with Crippen LogP contribution < -0.4 is 19.6 Å². The number of thiazole rings is 1. The van der Waals surface area contributed by atoms with E-state index < -0.39 is 0 Å². The van der Waals surface area contributed by atoms with Gasteiger partial charge in [0, 0.05) is 4.47 Å². The normalized spacial score (nSPS) is 12.1. The van der Waals surface area contributed by atoms with E-state index >= 15 is 0 Å². The Morgan fingerprint density at radius 3 is 2.53 bits per heavy atom. The minimum absolute atomic E-state index is 0.0728. The number of nitrogens with zero attached hydrogens (tertiary/aromatic N) is 2. The molecule has 0 N–H and O–H groups in total. The Hall–Kier alpha value is -2.68. The van der Waals surface area contributed by atoms with Gasteiger partial charge in [-0.2, -0.15) is 0 Å². The fourth-order valence-electron chi connectivity index (χ4n) is 3.77. The monoisotopic (exact) mass is 598 g/mol. The molecule has 5 rings (SSSR count). The van der Waals surface area contributed by atoms with Crippen molar-refractivity contribution < 1.29 is 9.47 Å². The summed E-state index contributed by atoms with van der Waals surface area (Å²) in [6, 6.07) is 15.8.